The minimum Gasteiger partial charge on any atom is -0.392 e. The van der Waals surface area contributed by atoms with Gasteiger partial charge in [0.15, 0.2) is 0 Å². The predicted octanol–water partition coefficient (Wildman–Crippen LogP) is 1.97. The fraction of sp³-hybridized carbons (Fsp3) is 0.600. The minimum absolute atomic E-state index is 0.124. The molecule has 1 aromatic rings. The molecule has 2 atom stereocenters. The average molecular weight is 295 g/mol. The van der Waals surface area contributed by atoms with Crippen molar-refractivity contribution in [1.29, 1.82) is 0 Å². The fourth-order valence-electron chi connectivity index (χ4n) is 3.62. The van der Waals surface area contributed by atoms with E-state index in [4.69, 9.17) is 0 Å². The molecule has 4 nitrogen and oxygen atoms in total. The monoisotopic (exact) mass is 295 g/mol. The number of hydrogen-bond acceptors (Lipinski definition) is 3. The number of nitrogens with zero attached hydrogens (tertiary/aromatic N) is 1. The van der Waals surface area contributed by atoms with Crippen LogP contribution in [0.15, 0.2) is 17.0 Å². The van der Waals surface area contributed by atoms with Gasteiger partial charge in [-0.1, -0.05) is 6.07 Å². The van der Waals surface area contributed by atoms with Gasteiger partial charge in [0.25, 0.3) is 0 Å². The highest BCUT2D eigenvalue weighted by Gasteiger charge is 2.44. The number of benzene rings is 1. The summed E-state index contributed by atoms with van der Waals surface area (Å²) in [5.41, 5.74) is 2.40. The molecule has 0 amide bonds. The van der Waals surface area contributed by atoms with Crippen LogP contribution in [-0.4, -0.2) is 30.4 Å². The van der Waals surface area contributed by atoms with Crippen molar-refractivity contribution >= 4 is 10.0 Å². The first-order valence-corrected chi connectivity index (χ1v) is 8.60. The Hall–Kier alpha value is -0.910. The molecule has 1 N–H and O–H groups in total. The van der Waals surface area contributed by atoms with Crippen molar-refractivity contribution in [1.82, 2.24) is 4.31 Å². The van der Waals surface area contributed by atoms with Gasteiger partial charge < -0.3 is 5.11 Å². The van der Waals surface area contributed by atoms with Crippen molar-refractivity contribution in [3.05, 3.63) is 28.8 Å². The van der Waals surface area contributed by atoms with Crippen LogP contribution in [-0.2, 0) is 16.6 Å². The van der Waals surface area contributed by atoms with Crippen LogP contribution < -0.4 is 0 Å². The van der Waals surface area contributed by atoms with E-state index in [1.165, 1.54) is 0 Å². The number of sulfonamides is 1. The molecule has 0 aromatic heterocycles. The van der Waals surface area contributed by atoms with E-state index in [1.807, 2.05) is 19.9 Å². The first-order valence-electron chi connectivity index (χ1n) is 7.16. The molecule has 2 aliphatic rings. The Labute approximate surface area is 120 Å². The summed E-state index contributed by atoms with van der Waals surface area (Å²) in [5.74, 6) is 0.540. The van der Waals surface area contributed by atoms with Crippen LogP contribution in [0.1, 0.15) is 36.0 Å². The number of rotatable bonds is 3. The zero-order valence-corrected chi connectivity index (χ0v) is 12.8. The zero-order valence-electron chi connectivity index (χ0n) is 12.0. The van der Waals surface area contributed by atoms with Crippen molar-refractivity contribution in [3.8, 4) is 0 Å². The van der Waals surface area contributed by atoms with Crippen LogP contribution in [0.2, 0.25) is 0 Å². The van der Waals surface area contributed by atoms with E-state index >= 15 is 0 Å². The standard InChI is InChI=1S/C15H21NO3S/c1-10-5-11(2)15(7-13(10)9-17)20(18,19)16-8-12-3-4-14(16)6-12/h5,7,12,14,17H,3-4,6,8-9H2,1-2H3. The maximum Gasteiger partial charge on any atom is 0.243 e. The lowest BCUT2D eigenvalue weighted by Crippen LogP contribution is -2.38. The molecule has 1 saturated carbocycles. The first-order chi connectivity index (χ1) is 9.43. The number of piperidine rings is 1. The van der Waals surface area contributed by atoms with Crippen molar-refractivity contribution in [2.45, 2.75) is 50.7 Å². The maximum absolute atomic E-state index is 12.9. The van der Waals surface area contributed by atoms with E-state index in [9.17, 15) is 13.5 Å². The lowest BCUT2D eigenvalue weighted by molar-refractivity contribution is 0.280. The van der Waals surface area contributed by atoms with Gasteiger partial charge in [-0.25, -0.2) is 8.42 Å². The molecule has 0 radical (unpaired) electrons. The number of aryl methyl sites for hydroxylation is 2. The lowest BCUT2D eigenvalue weighted by Gasteiger charge is -2.27. The van der Waals surface area contributed by atoms with Crippen molar-refractivity contribution in [2.75, 3.05) is 6.54 Å². The first kappa shape index (κ1) is 14.0. The highest BCUT2D eigenvalue weighted by atomic mass is 32.2. The van der Waals surface area contributed by atoms with Gasteiger partial charge in [-0.2, -0.15) is 4.31 Å². The third-order valence-electron chi connectivity index (χ3n) is 4.75. The Kier molecular flexibility index (Phi) is 3.39. The quantitative estimate of drug-likeness (QED) is 0.927. The van der Waals surface area contributed by atoms with Gasteiger partial charge in [-0.15, -0.1) is 0 Å². The predicted molar refractivity (Wildman–Crippen MR) is 76.9 cm³/mol. The summed E-state index contributed by atoms with van der Waals surface area (Å²) in [6, 6.07) is 3.68. The van der Waals surface area contributed by atoms with Crippen LogP contribution in [0, 0.1) is 19.8 Å². The van der Waals surface area contributed by atoms with Crippen LogP contribution in [0.3, 0.4) is 0 Å². The molecule has 5 heteroatoms. The van der Waals surface area contributed by atoms with Gasteiger partial charge in [-0.05, 0) is 61.8 Å². The second-order valence-corrected chi connectivity index (χ2v) is 7.97. The molecule has 0 spiro atoms. The summed E-state index contributed by atoms with van der Waals surface area (Å²) in [6.07, 6.45) is 3.16. The molecule has 2 fully saturated rings. The summed E-state index contributed by atoms with van der Waals surface area (Å²) in [4.78, 5) is 0.361. The molecule has 2 bridgehead atoms. The average Bonchev–Trinajstić information content (AvgIpc) is 3.01. The minimum atomic E-state index is -3.43. The smallest absolute Gasteiger partial charge is 0.243 e. The van der Waals surface area contributed by atoms with Crippen LogP contribution in [0.5, 0.6) is 0 Å². The zero-order chi connectivity index (χ0) is 14.5. The Balaban J connectivity index is 2.03. The largest absolute Gasteiger partial charge is 0.392 e. The molecule has 110 valence electrons. The normalized spacial score (nSPS) is 26.4. The van der Waals surface area contributed by atoms with Crippen molar-refractivity contribution in [2.24, 2.45) is 5.92 Å². The summed E-state index contributed by atoms with van der Waals surface area (Å²) >= 11 is 0. The third-order valence-corrected chi connectivity index (χ3v) is 6.81. The number of aliphatic hydroxyl groups is 1. The van der Waals surface area contributed by atoms with Gasteiger partial charge in [0.05, 0.1) is 11.5 Å². The molecular weight excluding hydrogens is 274 g/mol. The lowest BCUT2D eigenvalue weighted by atomic mass is 10.1. The van der Waals surface area contributed by atoms with Crippen LogP contribution >= 0.6 is 0 Å². The van der Waals surface area contributed by atoms with E-state index in [0.717, 1.165) is 30.4 Å². The van der Waals surface area contributed by atoms with E-state index in [1.54, 1.807) is 10.4 Å². The number of hydrogen-bond donors (Lipinski definition) is 1. The molecule has 20 heavy (non-hydrogen) atoms. The Morgan fingerprint density at radius 1 is 1.25 bits per heavy atom. The van der Waals surface area contributed by atoms with Gasteiger partial charge >= 0.3 is 0 Å². The van der Waals surface area contributed by atoms with Gasteiger partial charge in [-0.3, -0.25) is 0 Å². The molecule has 1 heterocycles. The molecule has 2 unspecified atom stereocenters. The summed E-state index contributed by atoms with van der Waals surface area (Å²) in [7, 11) is -3.43. The van der Waals surface area contributed by atoms with Crippen LogP contribution in [0.25, 0.3) is 0 Å². The van der Waals surface area contributed by atoms with Gasteiger partial charge in [0, 0.05) is 12.6 Å². The highest BCUT2D eigenvalue weighted by Crippen LogP contribution is 2.41. The van der Waals surface area contributed by atoms with E-state index < -0.39 is 10.0 Å². The molecule has 1 saturated heterocycles. The number of aliphatic hydroxyl groups excluding tert-OH is 1. The highest BCUT2D eigenvalue weighted by molar-refractivity contribution is 7.89. The van der Waals surface area contributed by atoms with Crippen LogP contribution in [0.4, 0.5) is 0 Å². The maximum atomic E-state index is 12.9. The van der Waals surface area contributed by atoms with Gasteiger partial charge in [0.1, 0.15) is 0 Å². The Bertz CT molecular complexity index is 639. The van der Waals surface area contributed by atoms with E-state index in [0.29, 0.717) is 22.9 Å². The van der Waals surface area contributed by atoms with Crippen molar-refractivity contribution < 1.29 is 13.5 Å². The topological polar surface area (TPSA) is 57.6 Å². The summed E-state index contributed by atoms with van der Waals surface area (Å²) in [6.45, 7) is 4.26. The summed E-state index contributed by atoms with van der Waals surface area (Å²) in [5, 5.41) is 9.36. The Morgan fingerprint density at radius 3 is 2.55 bits per heavy atom. The fourth-order valence-corrected chi connectivity index (χ4v) is 5.62. The van der Waals surface area contributed by atoms with Gasteiger partial charge in [0.2, 0.25) is 10.0 Å². The van der Waals surface area contributed by atoms with Crippen molar-refractivity contribution in [3.63, 3.8) is 0 Å². The number of fused-ring (bicyclic) bond motifs is 2. The molecule has 3 rings (SSSR count). The second kappa shape index (κ2) is 4.83. The molecule has 1 aliphatic heterocycles. The molecule has 1 aliphatic carbocycles. The van der Waals surface area contributed by atoms with E-state index in [-0.39, 0.29) is 12.6 Å². The Morgan fingerprint density at radius 2 is 2.00 bits per heavy atom. The van der Waals surface area contributed by atoms with E-state index in [2.05, 4.69) is 0 Å². The second-order valence-electron chi connectivity index (χ2n) is 6.11. The third kappa shape index (κ3) is 2.08. The molecule has 1 aromatic carbocycles. The molecular formula is C15H21NO3S. The SMILES string of the molecule is Cc1cc(C)c(S(=O)(=O)N2CC3CCC2C3)cc1CO. The summed E-state index contributed by atoms with van der Waals surface area (Å²) < 4.78 is 27.4.